The molecule has 2 atom stereocenters. The van der Waals surface area contributed by atoms with E-state index in [9.17, 15) is 22.6 Å². The highest BCUT2D eigenvalue weighted by Crippen LogP contribution is 2.65. The Morgan fingerprint density at radius 1 is 1.10 bits per heavy atom. The van der Waals surface area contributed by atoms with Crippen LogP contribution < -0.4 is 4.72 Å². The van der Waals surface area contributed by atoms with E-state index in [4.69, 9.17) is 34.8 Å². The Balaban J connectivity index is 5.60. The van der Waals surface area contributed by atoms with E-state index in [0.717, 1.165) is 38.3 Å². The van der Waals surface area contributed by atoms with Crippen LogP contribution in [-0.2, 0) is 19.4 Å². The summed E-state index contributed by atoms with van der Waals surface area (Å²) >= 11 is 17.7. The molecule has 3 amide bonds. The molecule has 8 nitrogen and oxygen atoms in total. The van der Waals surface area contributed by atoms with Crippen molar-refractivity contribution in [3.8, 4) is 0 Å². The Morgan fingerprint density at radius 2 is 1.66 bits per heavy atom. The molecule has 2 unspecified atom stereocenters. The summed E-state index contributed by atoms with van der Waals surface area (Å²) in [5.41, 5.74) is 0. The van der Waals surface area contributed by atoms with E-state index in [1.165, 1.54) is 0 Å². The van der Waals surface area contributed by atoms with Crippen molar-refractivity contribution in [1.82, 2.24) is 14.1 Å². The number of alkyl halides is 3. The normalized spacial score (nSPS) is 15.3. The molecule has 0 aromatic rings. The minimum atomic E-state index is -4.00. The van der Waals surface area contributed by atoms with Crippen LogP contribution in [0.15, 0.2) is 0 Å². The van der Waals surface area contributed by atoms with Gasteiger partial charge in [0.05, 0.1) is 5.75 Å². The van der Waals surface area contributed by atoms with Gasteiger partial charge in [0, 0.05) is 19.3 Å². The highest BCUT2D eigenvalue weighted by Gasteiger charge is 2.46. The number of amides is 3. The standard InChI is InChI=1S/C15H29Cl3N3O5PS2/c1-6-8-9-10-11-29(25,26)19-14(23)21(5)27(24,28-12(3)7-2)20(4)13(22)15(16,17)18/h12H,6-11H2,1-5H3,(H,19,23). The van der Waals surface area contributed by atoms with Gasteiger partial charge in [0.1, 0.15) is 0 Å². The van der Waals surface area contributed by atoms with Crippen molar-refractivity contribution in [2.24, 2.45) is 0 Å². The number of sulfonamides is 1. The van der Waals surface area contributed by atoms with Gasteiger partial charge in [-0.3, -0.25) is 18.7 Å². The molecular weight excluding hydrogens is 504 g/mol. The van der Waals surface area contributed by atoms with Crippen molar-refractivity contribution in [2.45, 2.75) is 61.9 Å². The topological polar surface area (TPSA) is 104 Å². The summed E-state index contributed by atoms with van der Waals surface area (Å²) in [6.45, 7) is 1.58. The van der Waals surface area contributed by atoms with E-state index in [1.54, 1.807) is 6.92 Å². The molecule has 0 heterocycles. The third-order valence-corrected chi connectivity index (χ3v) is 12.0. The third kappa shape index (κ3) is 9.44. The van der Waals surface area contributed by atoms with Crippen molar-refractivity contribution in [1.29, 1.82) is 0 Å². The van der Waals surface area contributed by atoms with Gasteiger partial charge in [-0.15, -0.1) is 0 Å². The summed E-state index contributed by atoms with van der Waals surface area (Å²) in [6, 6.07) is -1.12. The summed E-state index contributed by atoms with van der Waals surface area (Å²) in [6.07, 6.45) is 3.51. The zero-order valence-electron chi connectivity index (χ0n) is 17.2. The Kier molecular flexibility index (Phi) is 12.3. The van der Waals surface area contributed by atoms with Crippen molar-refractivity contribution in [3.63, 3.8) is 0 Å². The van der Waals surface area contributed by atoms with Crippen LogP contribution in [-0.4, -0.2) is 58.6 Å². The molecule has 0 bridgehead atoms. The lowest BCUT2D eigenvalue weighted by Crippen LogP contribution is -2.44. The fourth-order valence-electron chi connectivity index (χ4n) is 2.03. The Morgan fingerprint density at radius 3 is 2.10 bits per heavy atom. The summed E-state index contributed by atoms with van der Waals surface area (Å²) in [5, 5.41) is -0.229. The molecule has 0 fully saturated rings. The molecule has 0 aliphatic carbocycles. The monoisotopic (exact) mass is 531 g/mol. The number of nitrogens with one attached hydrogen (secondary N) is 1. The number of unbranched alkanes of at least 4 members (excludes halogenated alkanes) is 3. The van der Waals surface area contributed by atoms with E-state index in [-0.39, 0.29) is 11.0 Å². The minimum absolute atomic E-state index is 0.229. The number of carbonyl (C=O) groups excluding carboxylic acids is 2. The quantitative estimate of drug-likeness (QED) is 0.228. The zero-order chi connectivity index (χ0) is 23.0. The molecule has 1 N–H and O–H groups in total. The van der Waals surface area contributed by atoms with Crippen LogP contribution in [0.3, 0.4) is 0 Å². The second-order valence-electron chi connectivity index (χ2n) is 6.45. The average molecular weight is 533 g/mol. The second kappa shape index (κ2) is 12.2. The number of urea groups is 1. The molecule has 0 aliphatic heterocycles. The Hall–Kier alpha value is 0.140. The van der Waals surface area contributed by atoms with Crippen molar-refractivity contribution in [2.75, 3.05) is 19.8 Å². The smallest absolute Gasteiger partial charge is 0.269 e. The predicted octanol–water partition coefficient (Wildman–Crippen LogP) is 5.01. The number of hydrogen-bond acceptors (Lipinski definition) is 6. The van der Waals surface area contributed by atoms with Crippen LogP contribution in [0.1, 0.15) is 52.9 Å². The summed E-state index contributed by atoms with van der Waals surface area (Å²) in [5.74, 6) is -1.33. The zero-order valence-corrected chi connectivity index (χ0v) is 21.9. The fraction of sp³-hybridized carbons (Fsp3) is 0.867. The molecule has 0 aromatic carbocycles. The first kappa shape index (κ1) is 29.1. The molecule has 0 aromatic heterocycles. The van der Waals surface area contributed by atoms with Crippen LogP contribution in [0.2, 0.25) is 0 Å². The highest BCUT2D eigenvalue weighted by atomic mass is 35.6. The van der Waals surface area contributed by atoms with Gasteiger partial charge in [-0.05, 0) is 12.8 Å². The first-order valence-electron chi connectivity index (χ1n) is 9.04. The molecule has 0 spiro atoms. The molecule has 172 valence electrons. The minimum Gasteiger partial charge on any atom is -0.269 e. The summed E-state index contributed by atoms with van der Waals surface area (Å²) in [4.78, 5) is 24.9. The van der Waals surface area contributed by atoms with Crippen LogP contribution in [0.25, 0.3) is 0 Å². The molecule has 29 heavy (non-hydrogen) atoms. The van der Waals surface area contributed by atoms with Gasteiger partial charge in [0.15, 0.2) is 0 Å². The lowest BCUT2D eigenvalue weighted by Gasteiger charge is -2.36. The van der Waals surface area contributed by atoms with E-state index >= 15 is 0 Å². The van der Waals surface area contributed by atoms with Crippen LogP contribution in [0.4, 0.5) is 4.79 Å². The SMILES string of the molecule is CCCCCCS(=O)(=O)NC(=O)N(C)P(=O)(SC(C)CC)N(C)C(=O)C(Cl)(Cl)Cl. The fourth-order valence-corrected chi connectivity index (χ4v) is 8.86. The van der Waals surface area contributed by atoms with Gasteiger partial charge in [-0.25, -0.2) is 17.9 Å². The average Bonchev–Trinajstić information content (AvgIpc) is 2.61. The van der Waals surface area contributed by atoms with Crippen LogP contribution >= 0.6 is 52.8 Å². The predicted molar refractivity (Wildman–Crippen MR) is 122 cm³/mol. The Labute approximate surface area is 192 Å². The molecule has 0 saturated carbocycles. The van der Waals surface area contributed by atoms with E-state index in [2.05, 4.69) is 0 Å². The highest BCUT2D eigenvalue weighted by molar-refractivity contribution is 8.57. The van der Waals surface area contributed by atoms with Gasteiger partial charge in [0.2, 0.25) is 10.0 Å². The maximum atomic E-state index is 13.7. The van der Waals surface area contributed by atoms with Gasteiger partial charge in [0.25, 0.3) is 9.70 Å². The van der Waals surface area contributed by atoms with E-state index in [0.29, 0.717) is 28.6 Å². The van der Waals surface area contributed by atoms with Gasteiger partial charge in [-0.2, -0.15) is 0 Å². The third-order valence-electron chi connectivity index (χ3n) is 3.99. The number of halogens is 3. The van der Waals surface area contributed by atoms with Gasteiger partial charge >= 0.3 is 12.7 Å². The number of nitrogens with zero attached hydrogens (tertiary/aromatic N) is 2. The van der Waals surface area contributed by atoms with E-state index < -0.39 is 32.4 Å². The Bertz CT molecular complexity index is 718. The maximum Gasteiger partial charge on any atom is 0.338 e. The van der Waals surface area contributed by atoms with Crippen molar-refractivity contribution < 1.29 is 22.6 Å². The second-order valence-corrected chi connectivity index (χ2v) is 15.8. The van der Waals surface area contributed by atoms with Gasteiger partial charge < -0.3 is 0 Å². The summed E-state index contributed by atoms with van der Waals surface area (Å²) < 4.78 is 38.9. The first-order chi connectivity index (χ1) is 13.1. The molecule has 14 heteroatoms. The van der Waals surface area contributed by atoms with Crippen LogP contribution in [0, 0.1) is 0 Å². The first-order valence-corrected chi connectivity index (χ1v) is 14.9. The van der Waals surface area contributed by atoms with Crippen molar-refractivity contribution >= 4 is 74.8 Å². The van der Waals surface area contributed by atoms with E-state index in [1.807, 2.05) is 18.6 Å². The summed E-state index contributed by atoms with van der Waals surface area (Å²) in [7, 11) is -1.65. The molecule has 0 aliphatic rings. The molecule has 0 radical (unpaired) electrons. The lowest BCUT2D eigenvalue weighted by atomic mass is 10.2. The number of carbonyl (C=O) groups is 2. The number of hydrogen-bond donors (Lipinski definition) is 1. The van der Waals surface area contributed by atoms with Gasteiger partial charge in [-0.1, -0.05) is 86.2 Å². The van der Waals surface area contributed by atoms with Crippen molar-refractivity contribution in [3.05, 3.63) is 0 Å². The molecular formula is C15H29Cl3N3O5PS2. The van der Waals surface area contributed by atoms with Crippen LogP contribution in [0.5, 0.6) is 0 Å². The molecule has 0 saturated heterocycles. The molecule has 0 rings (SSSR count). The maximum absolute atomic E-state index is 13.7. The largest absolute Gasteiger partial charge is 0.338 e. The lowest BCUT2D eigenvalue weighted by molar-refractivity contribution is -0.124. The number of rotatable bonds is 11.